The molecule has 0 aliphatic heterocycles. The van der Waals surface area contributed by atoms with Gasteiger partial charge in [0.2, 0.25) is 5.91 Å². The number of carbonyl (C=O) groups is 3. The second kappa shape index (κ2) is 10.2. The van der Waals surface area contributed by atoms with E-state index in [1.165, 1.54) is 40.5 Å². The third kappa shape index (κ3) is 6.68. The number of rotatable bonds is 9. The molecule has 0 aliphatic rings. The Labute approximate surface area is 173 Å². The molecule has 1 aromatic heterocycles. The van der Waals surface area contributed by atoms with Crippen LogP contribution in [0.25, 0.3) is 0 Å². The lowest BCUT2D eigenvalue weighted by molar-refractivity contribution is -0.138. The van der Waals surface area contributed by atoms with Crippen molar-refractivity contribution in [3.05, 3.63) is 52.2 Å². The van der Waals surface area contributed by atoms with E-state index in [1.54, 1.807) is 6.92 Å². The molecule has 0 saturated heterocycles. The molecule has 8 nitrogen and oxygen atoms in total. The first kappa shape index (κ1) is 22.6. The van der Waals surface area contributed by atoms with Crippen LogP contribution in [0.4, 0.5) is 0 Å². The lowest BCUT2D eigenvalue weighted by Crippen LogP contribution is -2.42. The summed E-state index contributed by atoms with van der Waals surface area (Å²) in [5.74, 6) is -1.80. The summed E-state index contributed by atoms with van der Waals surface area (Å²) in [6.07, 6.45) is 0.984. The summed E-state index contributed by atoms with van der Waals surface area (Å²) >= 11 is 1.51. The van der Waals surface area contributed by atoms with Gasteiger partial charge in [-0.2, -0.15) is 0 Å². The summed E-state index contributed by atoms with van der Waals surface area (Å²) in [7, 11) is -3.63. The molecule has 2 aromatic rings. The zero-order chi connectivity index (χ0) is 21.4. The van der Waals surface area contributed by atoms with Gasteiger partial charge in [0.05, 0.1) is 23.5 Å². The average Bonchev–Trinajstić information content (AvgIpc) is 3.21. The first-order valence-corrected chi connectivity index (χ1v) is 11.5. The third-order valence-corrected chi connectivity index (χ3v) is 5.97. The Bertz CT molecular complexity index is 970. The van der Waals surface area contributed by atoms with Crippen LogP contribution in [0, 0.1) is 0 Å². The van der Waals surface area contributed by atoms with Gasteiger partial charge in [-0.3, -0.25) is 9.59 Å². The number of hydrogen-bond acceptors (Lipinski definition) is 7. The van der Waals surface area contributed by atoms with E-state index in [9.17, 15) is 22.8 Å². The van der Waals surface area contributed by atoms with E-state index in [2.05, 4.69) is 5.32 Å². The molecule has 1 aromatic carbocycles. The molecule has 29 heavy (non-hydrogen) atoms. The van der Waals surface area contributed by atoms with Crippen molar-refractivity contribution in [3.8, 4) is 0 Å². The van der Waals surface area contributed by atoms with Crippen LogP contribution in [-0.4, -0.2) is 57.1 Å². The SMILES string of the molecule is CCN(CC(=O)NCc1cccs1)C(=O)COC(=O)c1ccccc1S(C)(=O)=O. The highest BCUT2D eigenvalue weighted by Crippen LogP contribution is 2.16. The summed E-state index contributed by atoms with van der Waals surface area (Å²) in [5, 5.41) is 4.63. The number of benzene rings is 1. The van der Waals surface area contributed by atoms with Gasteiger partial charge in [-0.05, 0) is 30.5 Å². The minimum atomic E-state index is -3.63. The van der Waals surface area contributed by atoms with Gasteiger partial charge in [0, 0.05) is 17.7 Å². The predicted octanol–water partition coefficient (Wildman–Crippen LogP) is 1.47. The number of sulfone groups is 1. The molecule has 1 N–H and O–H groups in total. The second-order valence-electron chi connectivity index (χ2n) is 6.11. The largest absolute Gasteiger partial charge is 0.452 e. The number of nitrogens with one attached hydrogen (secondary N) is 1. The quantitative estimate of drug-likeness (QED) is 0.594. The Morgan fingerprint density at radius 3 is 2.48 bits per heavy atom. The fourth-order valence-corrected chi connectivity index (χ4v) is 3.98. The van der Waals surface area contributed by atoms with Crippen LogP contribution >= 0.6 is 11.3 Å². The summed E-state index contributed by atoms with van der Waals surface area (Å²) in [4.78, 5) is 38.7. The summed E-state index contributed by atoms with van der Waals surface area (Å²) in [6, 6.07) is 9.38. The Morgan fingerprint density at radius 2 is 1.86 bits per heavy atom. The number of esters is 1. The van der Waals surface area contributed by atoms with E-state index < -0.39 is 28.3 Å². The Kier molecular flexibility index (Phi) is 7.91. The second-order valence-corrected chi connectivity index (χ2v) is 9.12. The maximum Gasteiger partial charge on any atom is 0.339 e. The maximum absolute atomic E-state index is 12.3. The Morgan fingerprint density at radius 1 is 1.14 bits per heavy atom. The molecule has 0 radical (unpaired) electrons. The topological polar surface area (TPSA) is 110 Å². The first-order chi connectivity index (χ1) is 13.7. The van der Waals surface area contributed by atoms with Crippen molar-refractivity contribution in [2.45, 2.75) is 18.4 Å². The van der Waals surface area contributed by atoms with Crippen LogP contribution in [0.15, 0.2) is 46.7 Å². The monoisotopic (exact) mass is 438 g/mol. The molecule has 1 heterocycles. The van der Waals surface area contributed by atoms with Gasteiger partial charge in [0.15, 0.2) is 16.4 Å². The number of amides is 2. The van der Waals surface area contributed by atoms with Gasteiger partial charge in [-0.1, -0.05) is 18.2 Å². The van der Waals surface area contributed by atoms with Gasteiger partial charge in [-0.25, -0.2) is 13.2 Å². The smallest absolute Gasteiger partial charge is 0.339 e. The van der Waals surface area contributed by atoms with Crippen molar-refractivity contribution < 1.29 is 27.5 Å². The molecule has 0 unspecified atom stereocenters. The molecule has 0 aliphatic carbocycles. The van der Waals surface area contributed by atoms with Gasteiger partial charge < -0.3 is 15.0 Å². The minimum absolute atomic E-state index is 0.139. The standard InChI is InChI=1S/C19H22N2O6S2/c1-3-21(12-17(22)20-11-14-7-6-10-28-14)18(23)13-27-19(24)15-8-4-5-9-16(15)29(2,25)26/h4-10H,3,11-13H2,1-2H3,(H,20,22). The van der Waals surface area contributed by atoms with Crippen molar-refractivity contribution >= 4 is 39.0 Å². The van der Waals surface area contributed by atoms with Gasteiger partial charge in [0.25, 0.3) is 5.91 Å². The highest BCUT2D eigenvalue weighted by atomic mass is 32.2. The van der Waals surface area contributed by atoms with Crippen LogP contribution in [0.1, 0.15) is 22.2 Å². The molecule has 156 valence electrons. The normalized spacial score (nSPS) is 11.0. The van der Waals surface area contributed by atoms with E-state index in [-0.39, 0.29) is 29.5 Å². The Balaban J connectivity index is 1.91. The molecule has 0 saturated carbocycles. The molecular weight excluding hydrogens is 416 g/mol. The molecular formula is C19H22N2O6S2. The number of carbonyl (C=O) groups excluding carboxylic acids is 3. The van der Waals surface area contributed by atoms with Crippen LogP contribution in [0.2, 0.25) is 0 Å². The lowest BCUT2D eigenvalue weighted by atomic mass is 10.2. The zero-order valence-corrected chi connectivity index (χ0v) is 17.7. The van der Waals surface area contributed by atoms with E-state index in [1.807, 2.05) is 17.5 Å². The first-order valence-electron chi connectivity index (χ1n) is 8.75. The molecule has 0 spiro atoms. The summed E-state index contributed by atoms with van der Waals surface area (Å²) in [5.41, 5.74) is -0.139. The predicted molar refractivity (Wildman–Crippen MR) is 108 cm³/mol. The number of nitrogens with zero attached hydrogens (tertiary/aromatic N) is 1. The fraction of sp³-hybridized carbons (Fsp3) is 0.316. The van der Waals surface area contributed by atoms with Gasteiger partial charge in [-0.15, -0.1) is 11.3 Å². The van der Waals surface area contributed by atoms with E-state index in [0.29, 0.717) is 6.54 Å². The van der Waals surface area contributed by atoms with Crippen LogP contribution in [0.5, 0.6) is 0 Å². The molecule has 0 bridgehead atoms. The number of ether oxygens (including phenoxy) is 1. The lowest BCUT2D eigenvalue weighted by Gasteiger charge is -2.20. The summed E-state index contributed by atoms with van der Waals surface area (Å²) in [6.45, 7) is 1.56. The molecule has 10 heteroatoms. The van der Waals surface area contributed by atoms with E-state index >= 15 is 0 Å². The van der Waals surface area contributed by atoms with Crippen LogP contribution in [-0.2, 0) is 30.7 Å². The molecule has 2 rings (SSSR count). The van der Waals surface area contributed by atoms with E-state index in [4.69, 9.17) is 4.74 Å². The molecule has 0 fully saturated rings. The number of likely N-dealkylation sites (N-methyl/N-ethyl adjacent to an activating group) is 1. The molecule has 2 amide bonds. The number of thiophene rings is 1. The van der Waals surface area contributed by atoms with Crippen molar-refractivity contribution in [1.29, 1.82) is 0 Å². The zero-order valence-electron chi connectivity index (χ0n) is 16.1. The van der Waals surface area contributed by atoms with Gasteiger partial charge in [0.1, 0.15) is 0 Å². The average molecular weight is 439 g/mol. The highest BCUT2D eigenvalue weighted by Gasteiger charge is 2.22. The minimum Gasteiger partial charge on any atom is -0.452 e. The van der Waals surface area contributed by atoms with Crippen molar-refractivity contribution in [1.82, 2.24) is 10.2 Å². The van der Waals surface area contributed by atoms with Crippen molar-refractivity contribution in [2.75, 3.05) is 26.0 Å². The molecule has 0 atom stereocenters. The van der Waals surface area contributed by atoms with Crippen molar-refractivity contribution in [2.24, 2.45) is 0 Å². The van der Waals surface area contributed by atoms with Gasteiger partial charge >= 0.3 is 5.97 Å². The highest BCUT2D eigenvalue weighted by molar-refractivity contribution is 7.90. The van der Waals surface area contributed by atoms with Crippen LogP contribution in [0.3, 0.4) is 0 Å². The Hall–Kier alpha value is -2.72. The summed E-state index contributed by atoms with van der Waals surface area (Å²) < 4.78 is 28.6. The van der Waals surface area contributed by atoms with Crippen molar-refractivity contribution in [3.63, 3.8) is 0 Å². The fourth-order valence-electron chi connectivity index (χ4n) is 2.46. The van der Waals surface area contributed by atoms with Crippen LogP contribution < -0.4 is 5.32 Å². The number of hydrogen-bond donors (Lipinski definition) is 1. The van der Waals surface area contributed by atoms with E-state index in [0.717, 1.165) is 11.1 Å². The maximum atomic E-state index is 12.3. The third-order valence-electron chi connectivity index (χ3n) is 3.94.